The quantitative estimate of drug-likeness (QED) is 0.899. The zero-order valence-electron chi connectivity index (χ0n) is 12.8. The van der Waals surface area contributed by atoms with Crippen molar-refractivity contribution in [3.63, 3.8) is 0 Å². The molecule has 2 aliphatic heterocycles. The number of halogens is 1. The molecule has 0 bridgehead atoms. The molecular weight excluding hydrogens is 326 g/mol. The zero-order valence-corrected chi connectivity index (χ0v) is 14.4. The molecule has 1 N–H and O–H groups in total. The lowest BCUT2D eigenvalue weighted by atomic mass is 10.1. The normalized spacial score (nSPS) is 20.7. The topological polar surface area (TPSA) is 18.5 Å². The van der Waals surface area contributed by atoms with Crippen LogP contribution in [-0.2, 0) is 6.42 Å². The molecule has 3 nitrogen and oxygen atoms in total. The second-order valence-corrected chi connectivity index (χ2v) is 7.03. The van der Waals surface area contributed by atoms with E-state index in [1.54, 1.807) is 0 Å². The van der Waals surface area contributed by atoms with E-state index >= 15 is 0 Å². The standard InChI is InChI=1S/C17H26BrN3/c18-16-14-15(6-11-20-12-7-19-8-13-20)4-5-17(16)21-9-2-1-3-10-21/h4-5,14,19H,1-3,6-13H2. The lowest BCUT2D eigenvalue weighted by Gasteiger charge is -2.30. The molecule has 0 unspecified atom stereocenters. The second kappa shape index (κ2) is 7.61. The van der Waals surface area contributed by atoms with E-state index in [2.05, 4.69) is 49.2 Å². The average molecular weight is 352 g/mol. The number of rotatable bonds is 4. The monoisotopic (exact) mass is 351 g/mol. The fourth-order valence-electron chi connectivity index (χ4n) is 3.32. The maximum Gasteiger partial charge on any atom is 0.0510 e. The van der Waals surface area contributed by atoms with Crippen LogP contribution in [0.1, 0.15) is 24.8 Å². The first-order valence-electron chi connectivity index (χ1n) is 8.29. The van der Waals surface area contributed by atoms with E-state index in [0.29, 0.717) is 0 Å². The van der Waals surface area contributed by atoms with Crippen LogP contribution in [0.4, 0.5) is 5.69 Å². The van der Waals surface area contributed by atoms with Gasteiger partial charge < -0.3 is 15.1 Å². The van der Waals surface area contributed by atoms with Gasteiger partial charge in [0.1, 0.15) is 0 Å². The van der Waals surface area contributed by atoms with Crippen LogP contribution in [0.3, 0.4) is 0 Å². The Morgan fingerprint density at radius 2 is 1.76 bits per heavy atom. The largest absolute Gasteiger partial charge is 0.371 e. The van der Waals surface area contributed by atoms with Gasteiger partial charge in [0, 0.05) is 50.3 Å². The van der Waals surface area contributed by atoms with Crippen molar-refractivity contribution in [3.8, 4) is 0 Å². The van der Waals surface area contributed by atoms with Crippen LogP contribution in [0.2, 0.25) is 0 Å². The van der Waals surface area contributed by atoms with E-state index in [9.17, 15) is 0 Å². The summed E-state index contributed by atoms with van der Waals surface area (Å²) < 4.78 is 1.27. The minimum atomic E-state index is 1.14. The second-order valence-electron chi connectivity index (χ2n) is 6.18. The third-order valence-electron chi connectivity index (χ3n) is 4.64. The number of nitrogens with one attached hydrogen (secondary N) is 1. The van der Waals surface area contributed by atoms with E-state index in [4.69, 9.17) is 0 Å². The maximum absolute atomic E-state index is 3.78. The average Bonchev–Trinajstić information content (AvgIpc) is 2.55. The smallest absolute Gasteiger partial charge is 0.0510 e. The van der Waals surface area contributed by atoms with Gasteiger partial charge in [0.25, 0.3) is 0 Å². The molecule has 0 amide bonds. The molecule has 0 aliphatic carbocycles. The first kappa shape index (κ1) is 15.3. The SMILES string of the molecule is Brc1cc(CCN2CCNCC2)ccc1N1CCCCC1. The predicted octanol–water partition coefficient (Wildman–Crippen LogP) is 2.89. The molecule has 0 atom stereocenters. The van der Waals surface area contributed by atoms with Gasteiger partial charge in [-0.2, -0.15) is 0 Å². The van der Waals surface area contributed by atoms with Gasteiger partial charge in [-0.25, -0.2) is 0 Å². The first-order chi connectivity index (χ1) is 10.3. The fourth-order valence-corrected chi connectivity index (χ4v) is 4.00. The van der Waals surface area contributed by atoms with Crippen LogP contribution in [0.15, 0.2) is 22.7 Å². The van der Waals surface area contributed by atoms with E-state index in [-0.39, 0.29) is 0 Å². The van der Waals surface area contributed by atoms with Crippen LogP contribution in [0.25, 0.3) is 0 Å². The van der Waals surface area contributed by atoms with Crippen LogP contribution in [-0.4, -0.2) is 50.7 Å². The molecule has 21 heavy (non-hydrogen) atoms. The van der Waals surface area contributed by atoms with Crippen molar-refractivity contribution in [2.75, 3.05) is 50.7 Å². The Labute approximate surface area is 136 Å². The van der Waals surface area contributed by atoms with Crippen molar-refractivity contribution >= 4 is 21.6 Å². The van der Waals surface area contributed by atoms with Crippen LogP contribution in [0.5, 0.6) is 0 Å². The van der Waals surface area contributed by atoms with E-state index in [1.807, 2.05) is 0 Å². The minimum absolute atomic E-state index is 1.14. The van der Waals surface area contributed by atoms with Gasteiger partial charge in [0.15, 0.2) is 0 Å². The molecule has 2 aliphatic rings. The molecule has 1 aromatic carbocycles. The molecule has 0 spiro atoms. The van der Waals surface area contributed by atoms with Gasteiger partial charge in [-0.3, -0.25) is 0 Å². The summed E-state index contributed by atoms with van der Waals surface area (Å²) in [7, 11) is 0. The molecule has 116 valence electrons. The molecule has 2 saturated heterocycles. The van der Waals surface area contributed by atoms with Crippen molar-refractivity contribution in [2.24, 2.45) is 0 Å². The van der Waals surface area contributed by atoms with Gasteiger partial charge >= 0.3 is 0 Å². The number of piperidine rings is 1. The Morgan fingerprint density at radius 3 is 2.48 bits per heavy atom. The third kappa shape index (κ3) is 4.21. The molecule has 4 heteroatoms. The minimum Gasteiger partial charge on any atom is -0.371 e. The zero-order chi connectivity index (χ0) is 14.5. The maximum atomic E-state index is 3.78. The molecule has 3 rings (SSSR count). The van der Waals surface area contributed by atoms with Gasteiger partial charge in [-0.1, -0.05) is 6.07 Å². The lowest BCUT2D eigenvalue weighted by molar-refractivity contribution is 0.244. The Morgan fingerprint density at radius 1 is 1.00 bits per heavy atom. The summed E-state index contributed by atoms with van der Waals surface area (Å²) in [5, 5.41) is 3.41. The van der Waals surface area contributed by atoms with E-state index in [0.717, 1.165) is 19.5 Å². The van der Waals surface area contributed by atoms with Gasteiger partial charge in [-0.05, 0) is 59.3 Å². The van der Waals surface area contributed by atoms with Crippen LogP contribution < -0.4 is 10.2 Å². The molecule has 1 aromatic rings. The number of benzene rings is 1. The third-order valence-corrected chi connectivity index (χ3v) is 5.27. The molecular formula is C17H26BrN3. The molecule has 0 radical (unpaired) electrons. The Hall–Kier alpha value is -0.580. The van der Waals surface area contributed by atoms with Crippen molar-refractivity contribution in [1.29, 1.82) is 0 Å². The molecule has 0 aromatic heterocycles. The fraction of sp³-hybridized carbons (Fsp3) is 0.647. The summed E-state index contributed by atoms with van der Waals surface area (Å²) in [6.45, 7) is 8.24. The highest BCUT2D eigenvalue weighted by atomic mass is 79.9. The van der Waals surface area contributed by atoms with Crippen molar-refractivity contribution < 1.29 is 0 Å². The van der Waals surface area contributed by atoms with Crippen molar-refractivity contribution in [3.05, 3.63) is 28.2 Å². The van der Waals surface area contributed by atoms with Crippen LogP contribution in [0, 0.1) is 0 Å². The van der Waals surface area contributed by atoms with E-state index in [1.165, 1.54) is 67.7 Å². The Kier molecular flexibility index (Phi) is 5.55. The summed E-state index contributed by atoms with van der Waals surface area (Å²) >= 11 is 3.78. The van der Waals surface area contributed by atoms with Crippen molar-refractivity contribution in [1.82, 2.24) is 10.2 Å². The highest BCUT2D eigenvalue weighted by molar-refractivity contribution is 9.10. The lowest BCUT2D eigenvalue weighted by Crippen LogP contribution is -2.44. The number of anilines is 1. The summed E-state index contributed by atoms with van der Waals surface area (Å²) in [4.78, 5) is 5.08. The Bertz CT molecular complexity index is 451. The highest BCUT2D eigenvalue weighted by Crippen LogP contribution is 2.29. The summed E-state index contributed by atoms with van der Waals surface area (Å²) in [6, 6.07) is 6.95. The first-order valence-corrected chi connectivity index (χ1v) is 9.09. The van der Waals surface area contributed by atoms with Gasteiger partial charge in [0.2, 0.25) is 0 Å². The summed E-state index contributed by atoms with van der Waals surface area (Å²) in [6.07, 6.45) is 5.20. The number of hydrogen-bond donors (Lipinski definition) is 1. The van der Waals surface area contributed by atoms with Crippen LogP contribution >= 0.6 is 15.9 Å². The molecule has 2 heterocycles. The molecule has 2 fully saturated rings. The highest BCUT2D eigenvalue weighted by Gasteiger charge is 2.14. The number of hydrogen-bond acceptors (Lipinski definition) is 3. The predicted molar refractivity (Wildman–Crippen MR) is 93.2 cm³/mol. The number of nitrogens with zero attached hydrogens (tertiary/aromatic N) is 2. The van der Waals surface area contributed by atoms with Gasteiger partial charge in [0.05, 0.1) is 5.69 Å². The van der Waals surface area contributed by atoms with Gasteiger partial charge in [-0.15, -0.1) is 0 Å². The van der Waals surface area contributed by atoms with E-state index < -0.39 is 0 Å². The molecule has 0 saturated carbocycles. The summed E-state index contributed by atoms with van der Waals surface area (Å²) in [5.41, 5.74) is 2.82. The van der Waals surface area contributed by atoms with Crippen molar-refractivity contribution in [2.45, 2.75) is 25.7 Å². The Balaban J connectivity index is 1.58. The summed E-state index contributed by atoms with van der Waals surface area (Å²) in [5.74, 6) is 0. The number of piperazine rings is 1.